The highest BCUT2D eigenvalue weighted by Crippen LogP contribution is 2.41. The number of anilines is 2. The third-order valence-electron chi connectivity index (χ3n) is 6.53. The number of hydrogen-bond donors (Lipinski definition) is 1. The summed E-state index contributed by atoms with van der Waals surface area (Å²) in [7, 11) is 0. The van der Waals surface area contributed by atoms with Crippen molar-refractivity contribution in [3.63, 3.8) is 0 Å². The molecule has 1 aromatic heterocycles. The minimum absolute atomic E-state index is 0.0715. The molecule has 1 saturated heterocycles. The molecule has 182 valence electrons. The molecular formula is C26H27N3O4S2. The number of thiazole rings is 1. The number of carbonyl (C=O) groups excluding carboxylic acids is 3. The molecule has 7 nitrogen and oxygen atoms in total. The molecule has 35 heavy (non-hydrogen) atoms. The van der Waals surface area contributed by atoms with E-state index in [0.717, 1.165) is 46.0 Å². The third kappa shape index (κ3) is 4.79. The Morgan fingerprint density at radius 3 is 2.49 bits per heavy atom. The van der Waals surface area contributed by atoms with E-state index in [0.29, 0.717) is 18.0 Å². The third-order valence-corrected chi connectivity index (χ3v) is 8.74. The number of amides is 3. The minimum atomic E-state index is -0.355. The lowest BCUT2D eigenvalue weighted by atomic mass is 9.81. The highest BCUT2D eigenvalue weighted by Gasteiger charge is 2.48. The second-order valence-corrected chi connectivity index (χ2v) is 11.5. The van der Waals surface area contributed by atoms with Gasteiger partial charge in [0.1, 0.15) is 5.75 Å². The zero-order valence-electron chi connectivity index (χ0n) is 19.7. The van der Waals surface area contributed by atoms with Crippen LogP contribution in [0.5, 0.6) is 5.75 Å². The van der Waals surface area contributed by atoms with Crippen molar-refractivity contribution < 1.29 is 19.1 Å². The maximum absolute atomic E-state index is 13.0. The largest absolute Gasteiger partial charge is 0.494 e. The van der Waals surface area contributed by atoms with Crippen molar-refractivity contribution in [2.75, 3.05) is 16.8 Å². The Morgan fingerprint density at radius 1 is 1.14 bits per heavy atom. The van der Waals surface area contributed by atoms with E-state index in [9.17, 15) is 14.4 Å². The number of hydrogen-bond acceptors (Lipinski definition) is 7. The molecule has 0 unspecified atom stereocenters. The van der Waals surface area contributed by atoms with Crippen molar-refractivity contribution in [2.45, 2.75) is 49.1 Å². The molecule has 0 radical (unpaired) electrons. The van der Waals surface area contributed by atoms with Crippen LogP contribution in [0.2, 0.25) is 0 Å². The summed E-state index contributed by atoms with van der Waals surface area (Å²) >= 11 is 2.85. The maximum Gasteiger partial charge on any atom is 0.237 e. The fourth-order valence-electron chi connectivity index (χ4n) is 4.75. The van der Waals surface area contributed by atoms with Crippen molar-refractivity contribution in [1.29, 1.82) is 0 Å². The normalized spacial score (nSPS) is 20.7. The van der Waals surface area contributed by atoms with E-state index >= 15 is 0 Å². The Labute approximate surface area is 212 Å². The van der Waals surface area contributed by atoms with Crippen LogP contribution in [0, 0.1) is 11.8 Å². The van der Waals surface area contributed by atoms with Crippen molar-refractivity contribution in [3.8, 4) is 5.75 Å². The Hall–Kier alpha value is -2.91. The average molecular weight is 510 g/mol. The monoisotopic (exact) mass is 509 g/mol. The first-order valence-electron chi connectivity index (χ1n) is 11.9. The fraction of sp³-hybridized carbons (Fsp3) is 0.385. The molecule has 1 aliphatic carbocycles. The van der Waals surface area contributed by atoms with Gasteiger partial charge in [-0.2, -0.15) is 0 Å². The minimum Gasteiger partial charge on any atom is -0.494 e. The van der Waals surface area contributed by atoms with Crippen molar-refractivity contribution in [1.82, 2.24) is 4.98 Å². The molecule has 1 N–H and O–H groups in total. The molecule has 1 saturated carbocycles. The second-order valence-electron chi connectivity index (χ2n) is 8.85. The van der Waals surface area contributed by atoms with Crippen LogP contribution >= 0.6 is 23.1 Å². The standard InChI is InChI=1S/C26H27N3O4S2/c1-3-33-18-11-8-16(9-12-18)27-23(30)15(2)34-26-28-21-13-10-17(14-22(21)35-26)29-24(31)19-6-4-5-7-20(19)25(29)32/h8-15,19-20H,3-7H2,1-2H3,(H,27,30)/t15-,19-,20+/m0/s1. The van der Waals surface area contributed by atoms with Gasteiger partial charge in [-0.3, -0.25) is 19.3 Å². The van der Waals surface area contributed by atoms with E-state index < -0.39 is 0 Å². The molecule has 5 rings (SSSR count). The van der Waals surface area contributed by atoms with Crippen LogP contribution in [0.25, 0.3) is 10.2 Å². The van der Waals surface area contributed by atoms with Crippen LogP contribution in [0.4, 0.5) is 11.4 Å². The molecule has 2 fully saturated rings. The van der Waals surface area contributed by atoms with Gasteiger partial charge in [0.2, 0.25) is 17.7 Å². The van der Waals surface area contributed by atoms with Crippen LogP contribution in [0.1, 0.15) is 39.5 Å². The van der Waals surface area contributed by atoms with E-state index in [-0.39, 0.29) is 34.8 Å². The van der Waals surface area contributed by atoms with Gasteiger partial charge in [0.05, 0.1) is 39.6 Å². The van der Waals surface area contributed by atoms with E-state index in [2.05, 4.69) is 10.3 Å². The molecular weight excluding hydrogens is 482 g/mol. The summed E-state index contributed by atoms with van der Waals surface area (Å²) in [6.45, 7) is 4.36. The van der Waals surface area contributed by atoms with Crippen LogP contribution < -0.4 is 15.0 Å². The zero-order chi connectivity index (χ0) is 24.5. The number of thioether (sulfide) groups is 1. The van der Waals surface area contributed by atoms with Crippen LogP contribution in [0.15, 0.2) is 46.8 Å². The number of benzene rings is 2. The van der Waals surface area contributed by atoms with Crippen LogP contribution in [0.3, 0.4) is 0 Å². The molecule has 0 spiro atoms. The molecule has 2 heterocycles. The predicted octanol–water partition coefficient (Wildman–Crippen LogP) is 5.49. The number of carbonyl (C=O) groups is 3. The van der Waals surface area contributed by atoms with Gasteiger partial charge in [-0.05, 0) is 69.2 Å². The lowest BCUT2D eigenvalue weighted by Gasteiger charge is -2.19. The summed E-state index contributed by atoms with van der Waals surface area (Å²) in [5, 5.41) is 2.57. The molecule has 1 aliphatic heterocycles. The Morgan fingerprint density at radius 2 is 1.83 bits per heavy atom. The van der Waals surface area contributed by atoms with Gasteiger partial charge in [0.25, 0.3) is 0 Å². The summed E-state index contributed by atoms with van der Waals surface area (Å²) in [5.41, 5.74) is 2.11. The van der Waals surface area contributed by atoms with Gasteiger partial charge in [-0.25, -0.2) is 4.98 Å². The number of imide groups is 1. The topological polar surface area (TPSA) is 88.6 Å². The quantitative estimate of drug-likeness (QED) is 0.335. The number of ether oxygens (including phenoxy) is 1. The molecule has 0 bridgehead atoms. The van der Waals surface area contributed by atoms with Gasteiger partial charge in [-0.1, -0.05) is 24.6 Å². The van der Waals surface area contributed by atoms with E-state index in [4.69, 9.17) is 4.74 Å². The second kappa shape index (κ2) is 9.99. The SMILES string of the molecule is CCOc1ccc(NC(=O)[C@H](C)Sc2nc3ccc(N4C(=O)[C@H]5CCCC[C@H]5C4=O)cc3s2)cc1. The maximum atomic E-state index is 13.0. The van der Waals surface area contributed by atoms with Crippen LogP contribution in [-0.2, 0) is 14.4 Å². The molecule has 3 amide bonds. The summed E-state index contributed by atoms with van der Waals surface area (Å²) < 4.78 is 7.09. The predicted molar refractivity (Wildman–Crippen MR) is 139 cm³/mol. The summed E-state index contributed by atoms with van der Waals surface area (Å²) in [6.07, 6.45) is 3.61. The first kappa shape index (κ1) is 23.8. The van der Waals surface area contributed by atoms with E-state index in [1.165, 1.54) is 28.0 Å². The Bertz CT molecular complexity index is 1250. The summed E-state index contributed by atoms with van der Waals surface area (Å²) in [6, 6.07) is 12.8. The molecule has 3 atom stereocenters. The number of nitrogens with zero attached hydrogens (tertiary/aromatic N) is 2. The lowest BCUT2D eigenvalue weighted by Crippen LogP contribution is -2.30. The Kier molecular flexibility index (Phi) is 6.80. The summed E-state index contributed by atoms with van der Waals surface area (Å²) in [5.74, 6) is 0.159. The van der Waals surface area contributed by atoms with Gasteiger partial charge in [0, 0.05) is 5.69 Å². The van der Waals surface area contributed by atoms with Crippen LogP contribution in [-0.4, -0.2) is 34.6 Å². The number of nitrogens with one attached hydrogen (secondary N) is 1. The van der Waals surface area contributed by atoms with Crippen molar-refractivity contribution in [2.24, 2.45) is 11.8 Å². The van der Waals surface area contributed by atoms with Gasteiger partial charge >= 0.3 is 0 Å². The first-order chi connectivity index (χ1) is 16.9. The van der Waals surface area contributed by atoms with Crippen molar-refractivity contribution in [3.05, 3.63) is 42.5 Å². The van der Waals surface area contributed by atoms with Gasteiger partial charge in [0.15, 0.2) is 4.34 Å². The summed E-state index contributed by atoms with van der Waals surface area (Å²) in [4.78, 5) is 44.6. The Balaban J connectivity index is 1.27. The van der Waals surface area contributed by atoms with E-state index in [1.807, 2.05) is 50.2 Å². The number of rotatable bonds is 7. The lowest BCUT2D eigenvalue weighted by molar-refractivity contribution is -0.122. The number of aromatic nitrogens is 1. The van der Waals surface area contributed by atoms with E-state index in [1.54, 1.807) is 6.07 Å². The fourth-order valence-corrected chi connectivity index (χ4v) is 6.99. The molecule has 9 heteroatoms. The molecule has 2 aliphatic rings. The average Bonchev–Trinajstić information content (AvgIpc) is 3.37. The first-order valence-corrected chi connectivity index (χ1v) is 13.6. The molecule has 3 aromatic rings. The highest BCUT2D eigenvalue weighted by molar-refractivity contribution is 8.02. The van der Waals surface area contributed by atoms with Gasteiger partial charge in [-0.15, -0.1) is 11.3 Å². The highest BCUT2D eigenvalue weighted by atomic mass is 32.2. The number of fused-ring (bicyclic) bond motifs is 2. The molecule has 2 aromatic carbocycles. The zero-order valence-corrected chi connectivity index (χ0v) is 21.3. The van der Waals surface area contributed by atoms with Crippen molar-refractivity contribution >= 4 is 62.4 Å². The van der Waals surface area contributed by atoms with Gasteiger partial charge < -0.3 is 10.1 Å². The smallest absolute Gasteiger partial charge is 0.237 e.